The van der Waals surface area contributed by atoms with E-state index in [9.17, 15) is 4.79 Å². The third-order valence-corrected chi connectivity index (χ3v) is 8.29. The lowest BCUT2D eigenvalue weighted by Crippen LogP contribution is -2.20. The van der Waals surface area contributed by atoms with Crippen LogP contribution in [0.5, 0.6) is 5.75 Å². The Labute approximate surface area is 171 Å². The minimum Gasteiger partial charge on any atom is -0.486 e. The van der Waals surface area contributed by atoms with Gasteiger partial charge in [0.1, 0.15) is 12.4 Å². The highest BCUT2D eigenvalue weighted by atomic mass is 35.5. The molecule has 2 nitrogen and oxygen atoms in total. The van der Waals surface area contributed by atoms with Gasteiger partial charge in [-0.2, -0.15) is 10.0 Å². The number of para-hydroxylation sites is 1. The van der Waals surface area contributed by atoms with Gasteiger partial charge in [0.05, 0.1) is 0 Å². The molecule has 5 heteroatoms. The number of carbonyl (C=O) groups excluding carboxylic acids is 1. The number of ether oxygens (including phenoxy) is 1. The van der Waals surface area contributed by atoms with Crippen molar-refractivity contribution in [3.63, 3.8) is 0 Å². The Bertz CT molecular complexity index is 848. The summed E-state index contributed by atoms with van der Waals surface area (Å²) in [5.41, 5.74) is 0. The number of rotatable bonds is 7. The summed E-state index contributed by atoms with van der Waals surface area (Å²) in [7, 11) is -1.58. The van der Waals surface area contributed by atoms with Crippen molar-refractivity contribution in [2.24, 2.45) is 0 Å². The maximum Gasteiger partial charge on any atom is 0.179 e. The molecule has 0 aliphatic carbocycles. The molecule has 0 atom stereocenters. The minimum absolute atomic E-state index is 0.0494. The van der Waals surface area contributed by atoms with Crippen molar-refractivity contribution in [3.05, 3.63) is 88.9 Å². The van der Waals surface area contributed by atoms with Gasteiger partial charge in [-0.25, -0.2) is 0 Å². The average Bonchev–Trinajstić information content (AvgIpc) is 2.68. The van der Waals surface area contributed by atoms with Gasteiger partial charge >= 0.3 is 0 Å². The molecule has 0 aromatic heterocycles. The maximum atomic E-state index is 12.8. The van der Waals surface area contributed by atoms with Crippen molar-refractivity contribution < 1.29 is 9.53 Å². The number of hydrogen-bond acceptors (Lipinski definition) is 2. The van der Waals surface area contributed by atoms with Gasteiger partial charge in [-0.3, -0.25) is 4.79 Å². The van der Waals surface area contributed by atoms with Crippen molar-refractivity contribution in [2.75, 3.05) is 18.6 Å². The zero-order valence-electron chi connectivity index (χ0n) is 14.9. The zero-order chi connectivity index (χ0) is 19.3. The van der Waals surface area contributed by atoms with Crippen molar-refractivity contribution in [2.45, 2.75) is 9.79 Å². The molecule has 0 saturated heterocycles. The zero-order valence-corrected chi connectivity index (χ0v) is 17.2. The van der Waals surface area contributed by atoms with Crippen molar-refractivity contribution in [3.8, 4) is 5.75 Å². The lowest BCUT2D eigenvalue weighted by atomic mass is 10.3. The second-order valence-corrected chi connectivity index (χ2v) is 10.6. The van der Waals surface area contributed by atoms with Crippen LogP contribution in [-0.4, -0.2) is 24.4 Å². The van der Waals surface area contributed by atoms with E-state index in [2.05, 4.69) is 6.26 Å². The fourth-order valence-electron chi connectivity index (χ4n) is 2.82. The Morgan fingerprint density at radius 2 is 1.30 bits per heavy atom. The molecular weight excluding hydrogens is 399 g/mol. The van der Waals surface area contributed by atoms with Crippen LogP contribution in [0.1, 0.15) is 0 Å². The summed E-state index contributed by atoms with van der Waals surface area (Å²) >= 11 is 12.1. The standard InChI is InChI=1S/C22H20Cl2O2S/c1-27(21-11-7-17(23)8-12-21,22-13-9-18(24)10-14-22)16-19(25)15-26-20-5-3-2-4-6-20/h2-14H,15-16H2,1H3. The molecule has 0 aliphatic rings. The number of Topliss-reactive ketones (excluding diaryl/α,β-unsaturated/α-hetero) is 1. The first-order chi connectivity index (χ1) is 13.0. The lowest BCUT2D eigenvalue weighted by Gasteiger charge is -2.36. The molecule has 0 bridgehead atoms. The van der Waals surface area contributed by atoms with Gasteiger partial charge in [0.2, 0.25) is 0 Å². The van der Waals surface area contributed by atoms with Crippen LogP contribution >= 0.6 is 33.2 Å². The highest BCUT2D eigenvalue weighted by Crippen LogP contribution is 2.59. The smallest absolute Gasteiger partial charge is 0.179 e. The summed E-state index contributed by atoms with van der Waals surface area (Å²) in [6.07, 6.45) is 2.14. The quantitative estimate of drug-likeness (QED) is 0.437. The Kier molecular flexibility index (Phi) is 6.48. The van der Waals surface area contributed by atoms with Crippen LogP contribution < -0.4 is 4.74 Å². The maximum absolute atomic E-state index is 12.8. The van der Waals surface area contributed by atoms with Crippen molar-refractivity contribution in [1.82, 2.24) is 0 Å². The normalized spacial score (nSPS) is 11.8. The van der Waals surface area contributed by atoms with Gasteiger partial charge in [0.15, 0.2) is 5.78 Å². The Morgan fingerprint density at radius 3 is 1.78 bits per heavy atom. The van der Waals surface area contributed by atoms with E-state index < -0.39 is 10.0 Å². The highest BCUT2D eigenvalue weighted by Gasteiger charge is 2.27. The van der Waals surface area contributed by atoms with Gasteiger partial charge in [0.25, 0.3) is 0 Å². The van der Waals surface area contributed by atoms with E-state index in [1.54, 1.807) is 0 Å². The molecule has 0 fully saturated rings. The molecule has 0 amide bonds. The predicted molar refractivity (Wildman–Crippen MR) is 115 cm³/mol. The van der Waals surface area contributed by atoms with E-state index in [0.717, 1.165) is 9.79 Å². The Hall–Kier alpha value is -1.94. The first kappa shape index (κ1) is 19.8. The molecular formula is C22H20Cl2O2S. The van der Waals surface area contributed by atoms with E-state index >= 15 is 0 Å². The first-order valence-electron chi connectivity index (χ1n) is 8.44. The Morgan fingerprint density at radius 1 is 0.815 bits per heavy atom. The number of benzene rings is 3. The fourth-order valence-corrected chi connectivity index (χ4v) is 5.88. The van der Waals surface area contributed by atoms with E-state index in [0.29, 0.717) is 21.5 Å². The topological polar surface area (TPSA) is 26.3 Å². The minimum atomic E-state index is -1.58. The molecule has 0 spiro atoms. The molecule has 27 heavy (non-hydrogen) atoms. The molecule has 3 rings (SSSR count). The van der Waals surface area contributed by atoms with Crippen LogP contribution in [0, 0.1) is 0 Å². The summed E-state index contributed by atoms with van der Waals surface area (Å²) in [5.74, 6) is 1.14. The molecule has 0 radical (unpaired) electrons. The van der Waals surface area contributed by atoms with Crippen LogP contribution in [0.3, 0.4) is 0 Å². The van der Waals surface area contributed by atoms with Crippen LogP contribution in [-0.2, 0) is 4.79 Å². The second kappa shape index (κ2) is 8.83. The van der Waals surface area contributed by atoms with Gasteiger partial charge in [-0.15, -0.1) is 0 Å². The van der Waals surface area contributed by atoms with Gasteiger partial charge < -0.3 is 4.74 Å². The van der Waals surface area contributed by atoms with E-state index in [1.807, 2.05) is 78.9 Å². The second-order valence-electron chi connectivity index (χ2n) is 6.28. The average molecular weight is 419 g/mol. The molecule has 140 valence electrons. The fraction of sp³-hybridized carbons (Fsp3) is 0.136. The SMILES string of the molecule is CS(CC(=O)COc1ccccc1)(c1ccc(Cl)cc1)c1ccc(Cl)cc1. The molecule has 3 aromatic rings. The third kappa shape index (κ3) is 5.07. The van der Waals surface area contributed by atoms with Crippen molar-refractivity contribution >= 4 is 39.0 Å². The molecule has 0 aliphatic heterocycles. The van der Waals surface area contributed by atoms with Crippen LogP contribution in [0.25, 0.3) is 0 Å². The molecule has 3 aromatic carbocycles. The van der Waals surface area contributed by atoms with Crippen LogP contribution in [0.2, 0.25) is 10.0 Å². The molecule has 0 saturated carbocycles. The largest absolute Gasteiger partial charge is 0.486 e. The summed E-state index contributed by atoms with van der Waals surface area (Å²) in [6, 6.07) is 24.8. The number of hydrogen-bond donors (Lipinski definition) is 0. The van der Waals surface area contributed by atoms with Crippen LogP contribution in [0.15, 0.2) is 88.7 Å². The number of ketones is 1. The predicted octanol–water partition coefficient (Wildman–Crippen LogP) is 6.49. The summed E-state index contributed by atoms with van der Waals surface area (Å²) in [5, 5.41) is 1.35. The number of carbonyl (C=O) groups is 1. The molecule has 0 unspecified atom stereocenters. The lowest BCUT2D eigenvalue weighted by molar-refractivity contribution is -0.118. The van der Waals surface area contributed by atoms with E-state index in [-0.39, 0.29) is 12.4 Å². The van der Waals surface area contributed by atoms with Gasteiger partial charge in [-0.1, -0.05) is 41.4 Å². The first-order valence-corrected chi connectivity index (χ1v) is 11.4. The summed E-state index contributed by atoms with van der Waals surface area (Å²) in [4.78, 5) is 15.0. The Balaban J connectivity index is 1.84. The molecule has 0 N–H and O–H groups in total. The van der Waals surface area contributed by atoms with Gasteiger partial charge in [0, 0.05) is 15.8 Å². The highest BCUT2D eigenvalue weighted by molar-refractivity contribution is 8.33. The van der Waals surface area contributed by atoms with Crippen LogP contribution in [0.4, 0.5) is 0 Å². The monoisotopic (exact) mass is 418 g/mol. The summed E-state index contributed by atoms with van der Waals surface area (Å²) < 4.78 is 5.65. The van der Waals surface area contributed by atoms with Crippen molar-refractivity contribution in [1.29, 1.82) is 0 Å². The number of halogens is 2. The summed E-state index contributed by atoms with van der Waals surface area (Å²) in [6.45, 7) is 0.0494. The van der Waals surface area contributed by atoms with E-state index in [4.69, 9.17) is 27.9 Å². The van der Waals surface area contributed by atoms with E-state index in [1.165, 1.54) is 0 Å². The molecule has 0 heterocycles. The third-order valence-electron chi connectivity index (χ3n) is 4.26. The van der Waals surface area contributed by atoms with Gasteiger partial charge in [-0.05, 0) is 76.7 Å².